The molecule has 1 amide bonds. The number of aryl methyl sites for hydroxylation is 1. The minimum atomic E-state index is -0.652. The van der Waals surface area contributed by atoms with E-state index in [0.717, 1.165) is 34.4 Å². The summed E-state index contributed by atoms with van der Waals surface area (Å²) in [4.78, 5) is 28.0. The third kappa shape index (κ3) is 3.98. The number of likely N-dealkylation sites (tertiary alicyclic amines) is 1. The number of nitrogens with zero attached hydrogens (tertiary/aromatic N) is 1. The van der Waals surface area contributed by atoms with Crippen molar-refractivity contribution in [1.82, 2.24) is 4.90 Å². The molecule has 2 heterocycles. The molecule has 34 heavy (non-hydrogen) atoms. The van der Waals surface area contributed by atoms with Gasteiger partial charge >= 0.3 is 0 Å². The summed E-state index contributed by atoms with van der Waals surface area (Å²) in [6.07, 6.45) is 1.43. The van der Waals surface area contributed by atoms with E-state index in [9.17, 15) is 14.7 Å². The van der Waals surface area contributed by atoms with E-state index in [0.29, 0.717) is 18.5 Å². The van der Waals surface area contributed by atoms with E-state index in [2.05, 4.69) is 0 Å². The first-order valence-corrected chi connectivity index (χ1v) is 11.6. The first-order valence-electron chi connectivity index (χ1n) is 11.6. The van der Waals surface area contributed by atoms with Crippen LogP contribution in [0.2, 0.25) is 0 Å². The molecule has 5 nitrogen and oxygen atoms in total. The van der Waals surface area contributed by atoms with Crippen molar-refractivity contribution in [3.05, 3.63) is 106 Å². The van der Waals surface area contributed by atoms with Crippen LogP contribution in [0.5, 0.6) is 5.75 Å². The van der Waals surface area contributed by atoms with Gasteiger partial charge in [-0.05, 0) is 55.2 Å². The fraction of sp³-hybridized carbons (Fsp3) is 0.241. The minimum Gasteiger partial charge on any atom is -0.507 e. The van der Waals surface area contributed by atoms with Gasteiger partial charge in [-0.3, -0.25) is 9.59 Å². The molecule has 0 unspecified atom stereocenters. The van der Waals surface area contributed by atoms with E-state index >= 15 is 0 Å². The largest absolute Gasteiger partial charge is 0.507 e. The predicted molar refractivity (Wildman–Crippen MR) is 131 cm³/mol. The van der Waals surface area contributed by atoms with Crippen LogP contribution in [0.3, 0.4) is 0 Å². The number of ether oxygens (including phenoxy) is 1. The summed E-state index contributed by atoms with van der Waals surface area (Å²) in [5.74, 6) is -0.585. The topological polar surface area (TPSA) is 66.8 Å². The van der Waals surface area contributed by atoms with Gasteiger partial charge in [0, 0.05) is 18.5 Å². The van der Waals surface area contributed by atoms with E-state index < -0.39 is 17.7 Å². The number of aliphatic hydroxyl groups excluding tert-OH is 1. The number of benzene rings is 3. The number of rotatable bonds is 5. The second-order valence-corrected chi connectivity index (χ2v) is 9.09. The lowest BCUT2D eigenvalue weighted by molar-refractivity contribution is -0.139. The number of amides is 1. The Hall–Kier alpha value is -3.86. The Morgan fingerprint density at radius 2 is 1.76 bits per heavy atom. The summed E-state index contributed by atoms with van der Waals surface area (Å²) >= 11 is 0. The molecule has 3 aromatic carbocycles. The Labute approximate surface area is 199 Å². The van der Waals surface area contributed by atoms with Gasteiger partial charge < -0.3 is 14.7 Å². The molecular weight excluding hydrogens is 426 g/mol. The Morgan fingerprint density at radius 1 is 1.03 bits per heavy atom. The maximum atomic E-state index is 13.2. The summed E-state index contributed by atoms with van der Waals surface area (Å²) in [5.41, 5.74) is 4.61. The van der Waals surface area contributed by atoms with E-state index in [-0.39, 0.29) is 17.4 Å². The predicted octanol–water partition coefficient (Wildman–Crippen LogP) is 4.98. The number of fused-ring (bicyclic) bond motifs is 1. The molecule has 2 aliphatic rings. The van der Waals surface area contributed by atoms with Gasteiger partial charge in [-0.15, -0.1) is 0 Å². The van der Waals surface area contributed by atoms with Crippen molar-refractivity contribution in [3.63, 3.8) is 0 Å². The molecule has 0 saturated carbocycles. The number of Topliss-reactive ketones (excluding diaryl/α,β-unsaturated/α-hetero) is 1. The minimum absolute atomic E-state index is 0.0727. The van der Waals surface area contributed by atoms with E-state index in [1.165, 1.54) is 0 Å². The molecule has 172 valence electrons. The fourth-order valence-corrected chi connectivity index (χ4v) is 4.83. The summed E-state index contributed by atoms with van der Waals surface area (Å²) in [6, 6.07) is 22.4. The molecule has 0 aromatic heterocycles. The standard InChI is InChI=1S/C29H27NO4/c1-18-8-10-21(11-9-18)26-25(27(31)22-12-13-24-23(17-22)16-19(2)34-24)28(32)29(33)30(26)15-14-20-6-4-3-5-7-20/h3-13,17,19,26,31H,14-16H2,1-2H3/b27-25+/t19-,26-/m0/s1. The zero-order valence-electron chi connectivity index (χ0n) is 19.3. The molecule has 0 radical (unpaired) electrons. The van der Waals surface area contributed by atoms with Gasteiger partial charge in [0.25, 0.3) is 11.7 Å². The van der Waals surface area contributed by atoms with Crippen molar-refractivity contribution < 1.29 is 19.4 Å². The molecule has 1 N–H and O–H groups in total. The average Bonchev–Trinajstić information content (AvgIpc) is 3.34. The van der Waals surface area contributed by atoms with Crippen LogP contribution in [-0.4, -0.2) is 34.3 Å². The van der Waals surface area contributed by atoms with Gasteiger partial charge in [0.1, 0.15) is 17.6 Å². The first-order chi connectivity index (χ1) is 16.4. The van der Waals surface area contributed by atoms with Crippen LogP contribution in [0.25, 0.3) is 5.76 Å². The maximum Gasteiger partial charge on any atom is 0.295 e. The van der Waals surface area contributed by atoms with E-state index in [1.807, 2.05) is 80.6 Å². The molecular formula is C29H27NO4. The number of hydrogen-bond acceptors (Lipinski definition) is 4. The lowest BCUT2D eigenvalue weighted by Gasteiger charge is -2.25. The van der Waals surface area contributed by atoms with Crippen molar-refractivity contribution in [2.75, 3.05) is 6.54 Å². The molecule has 0 spiro atoms. The van der Waals surface area contributed by atoms with Gasteiger partial charge in [-0.1, -0.05) is 60.2 Å². The molecule has 2 aliphatic heterocycles. The first kappa shape index (κ1) is 22.0. The second kappa shape index (κ2) is 8.82. The highest BCUT2D eigenvalue weighted by Crippen LogP contribution is 2.40. The molecule has 5 heteroatoms. The number of aliphatic hydroxyl groups is 1. The maximum absolute atomic E-state index is 13.2. The Balaban J connectivity index is 1.57. The SMILES string of the molecule is Cc1ccc([C@H]2/C(=C(\O)c3ccc4c(c3)C[C@H](C)O4)C(=O)C(=O)N2CCc2ccccc2)cc1. The van der Waals surface area contributed by atoms with Crippen LogP contribution in [0.1, 0.15) is 40.8 Å². The number of carbonyl (C=O) groups excluding carboxylic acids is 2. The lowest BCUT2D eigenvalue weighted by Crippen LogP contribution is -2.31. The lowest BCUT2D eigenvalue weighted by atomic mass is 9.94. The zero-order valence-corrected chi connectivity index (χ0v) is 19.3. The van der Waals surface area contributed by atoms with E-state index in [4.69, 9.17) is 4.74 Å². The second-order valence-electron chi connectivity index (χ2n) is 9.09. The fourth-order valence-electron chi connectivity index (χ4n) is 4.83. The summed E-state index contributed by atoms with van der Waals surface area (Å²) < 4.78 is 5.77. The molecule has 3 aromatic rings. The van der Waals surface area contributed by atoms with Crippen molar-refractivity contribution >= 4 is 17.4 Å². The van der Waals surface area contributed by atoms with Crippen molar-refractivity contribution in [1.29, 1.82) is 0 Å². The normalized spacial score (nSPS) is 20.9. The number of carbonyl (C=O) groups is 2. The van der Waals surface area contributed by atoms with E-state index in [1.54, 1.807) is 11.0 Å². The average molecular weight is 454 g/mol. The van der Waals surface area contributed by atoms with Gasteiger partial charge in [0.05, 0.1) is 11.6 Å². The highest BCUT2D eigenvalue weighted by Gasteiger charge is 2.45. The molecule has 0 bridgehead atoms. The quantitative estimate of drug-likeness (QED) is 0.336. The summed E-state index contributed by atoms with van der Waals surface area (Å²) in [5, 5.41) is 11.3. The molecule has 0 aliphatic carbocycles. The van der Waals surface area contributed by atoms with Crippen molar-refractivity contribution in [3.8, 4) is 5.75 Å². The third-order valence-electron chi connectivity index (χ3n) is 6.59. The van der Waals surface area contributed by atoms with Crippen LogP contribution in [0.15, 0.2) is 78.4 Å². The highest BCUT2D eigenvalue weighted by molar-refractivity contribution is 6.46. The third-order valence-corrected chi connectivity index (χ3v) is 6.59. The number of hydrogen-bond donors (Lipinski definition) is 1. The molecule has 1 saturated heterocycles. The highest BCUT2D eigenvalue weighted by atomic mass is 16.5. The van der Waals surface area contributed by atoms with Crippen LogP contribution < -0.4 is 4.74 Å². The Kier molecular flexibility index (Phi) is 5.70. The van der Waals surface area contributed by atoms with Crippen LogP contribution in [0.4, 0.5) is 0 Å². The summed E-state index contributed by atoms with van der Waals surface area (Å²) in [7, 11) is 0. The van der Waals surface area contributed by atoms with Crippen molar-refractivity contribution in [2.45, 2.75) is 38.8 Å². The van der Waals surface area contributed by atoms with Gasteiger partial charge in [0.2, 0.25) is 0 Å². The van der Waals surface area contributed by atoms with Crippen LogP contribution in [0, 0.1) is 6.92 Å². The van der Waals surface area contributed by atoms with Crippen molar-refractivity contribution in [2.24, 2.45) is 0 Å². The Bertz CT molecular complexity index is 1280. The van der Waals surface area contributed by atoms with Crippen LogP contribution in [-0.2, 0) is 22.4 Å². The molecule has 2 atom stereocenters. The van der Waals surface area contributed by atoms with Gasteiger partial charge in [-0.2, -0.15) is 0 Å². The monoisotopic (exact) mass is 453 g/mol. The molecule has 1 fully saturated rings. The molecule has 5 rings (SSSR count). The smallest absolute Gasteiger partial charge is 0.295 e. The Morgan fingerprint density at radius 3 is 2.50 bits per heavy atom. The van der Waals surface area contributed by atoms with Gasteiger partial charge in [0.15, 0.2) is 0 Å². The number of ketones is 1. The zero-order chi connectivity index (χ0) is 23.8. The van der Waals surface area contributed by atoms with Crippen LogP contribution >= 0.6 is 0 Å². The summed E-state index contributed by atoms with van der Waals surface area (Å²) in [6.45, 7) is 4.36. The van der Waals surface area contributed by atoms with Gasteiger partial charge in [-0.25, -0.2) is 0 Å².